The highest BCUT2D eigenvalue weighted by Gasteiger charge is 2.15. The molecule has 0 spiro atoms. The number of halogens is 1. The van der Waals surface area contributed by atoms with Crippen LogP contribution in [0.25, 0.3) is 0 Å². The van der Waals surface area contributed by atoms with Gasteiger partial charge in [0.15, 0.2) is 6.10 Å². The van der Waals surface area contributed by atoms with Gasteiger partial charge in [0.1, 0.15) is 5.75 Å². The van der Waals surface area contributed by atoms with Gasteiger partial charge in [-0.2, -0.15) is 5.10 Å². The van der Waals surface area contributed by atoms with E-state index in [1.165, 1.54) is 6.92 Å². The third kappa shape index (κ3) is 4.97. The van der Waals surface area contributed by atoms with Crippen LogP contribution in [0.5, 0.6) is 5.75 Å². The van der Waals surface area contributed by atoms with Crippen molar-refractivity contribution in [2.45, 2.75) is 33.0 Å². The van der Waals surface area contributed by atoms with Gasteiger partial charge in [0.2, 0.25) is 0 Å². The number of carboxylic acids is 1. The quantitative estimate of drug-likeness (QED) is 0.812. The SMILES string of the molecule is Cc1cc(CN(C)Cc2ccc(O[C@H](C)C(=O)O)c(Cl)c2)n[nH]1. The number of aliphatic carboxylic acids is 1. The van der Waals surface area contributed by atoms with Crippen molar-refractivity contribution in [3.05, 3.63) is 46.2 Å². The molecule has 0 saturated carbocycles. The Morgan fingerprint density at radius 3 is 2.74 bits per heavy atom. The van der Waals surface area contributed by atoms with E-state index in [-0.39, 0.29) is 0 Å². The second-order valence-corrected chi connectivity index (χ2v) is 5.98. The Hall–Kier alpha value is -2.05. The van der Waals surface area contributed by atoms with Gasteiger partial charge in [-0.05, 0) is 44.7 Å². The van der Waals surface area contributed by atoms with Crippen LogP contribution in [0, 0.1) is 6.92 Å². The van der Waals surface area contributed by atoms with E-state index in [1.807, 2.05) is 26.1 Å². The molecule has 0 aliphatic rings. The summed E-state index contributed by atoms with van der Waals surface area (Å²) in [5.41, 5.74) is 3.02. The average Bonchev–Trinajstić information content (AvgIpc) is 2.86. The number of H-pyrrole nitrogens is 1. The molecule has 0 unspecified atom stereocenters. The Morgan fingerprint density at radius 1 is 1.43 bits per heavy atom. The summed E-state index contributed by atoms with van der Waals surface area (Å²) in [5, 5.41) is 16.4. The summed E-state index contributed by atoms with van der Waals surface area (Å²) < 4.78 is 5.31. The highest BCUT2D eigenvalue weighted by atomic mass is 35.5. The van der Waals surface area contributed by atoms with Crippen molar-refractivity contribution in [3.8, 4) is 5.75 Å². The average molecular weight is 338 g/mol. The Bertz CT molecular complexity index is 687. The highest BCUT2D eigenvalue weighted by Crippen LogP contribution is 2.27. The molecule has 0 radical (unpaired) electrons. The van der Waals surface area contributed by atoms with Crippen LogP contribution >= 0.6 is 11.6 Å². The molecule has 2 N–H and O–H groups in total. The van der Waals surface area contributed by atoms with Crippen LogP contribution < -0.4 is 4.74 Å². The number of aromatic nitrogens is 2. The number of hydrogen-bond acceptors (Lipinski definition) is 4. The molecule has 0 bridgehead atoms. The van der Waals surface area contributed by atoms with Crippen LogP contribution in [0.15, 0.2) is 24.3 Å². The molecule has 2 rings (SSSR count). The lowest BCUT2D eigenvalue weighted by Crippen LogP contribution is -2.23. The first-order valence-corrected chi connectivity index (χ1v) is 7.60. The van der Waals surface area contributed by atoms with Crippen molar-refractivity contribution in [2.75, 3.05) is 7.05 Å². The number of aromatic amines is 1. The minimum absolute atomic E-state index is 0.371. The zero-order valence-corrected chi connectivity index (χ0v) is 14.1. The first kappa shape index (κ1) is 17.3. The van der Waals surface area contributed by atoms with E-state index in [0.717, 1.165) is 23.5 Å². The summed E-state index contributed by atoms with van der Waals surface area (Å²) >= 11 is 6.17. The van der Waals surface area contributed by atoms with Gasteiger partial charge in [0, 0.05) is 18.8 Å². The molecule has 1 heterocycles. The lowest BCUT2D eigenvalue weighted by Gasteiger charge is -2.17. The van der Waals surface area contributed by atoms with Gasteiger partial charge in [0.05, 0.1) is 10.7 Å². The smallest absolute Gasteiger partial charge is 0.344 e. The van der Waals surface area contributed by atoms with E-state index in [2.05, 4.69) is 15.1 Å². The normalized spacial score (nSPS) is 12.4. The first-order chi connectivity index (χ1) is 10.8. The summed E-state index contributed by atoms with van der Waals surface area (Å²) in [5.74, 6) is -0.657. The summed E-state index contributed by atoms with van der Waals surface area (Å²) in [7, 11) is 1.99. The van der Waals surface area contributed by atoms with Gasteiger partial charge in [0.25, 0.3) is 0 Å². The molecule has 0 fully saturated rings. The molecular formula is C16H20ClN3O3. The van der Waals surface area contributed by atoms with Gasteiger partial charge < -0.3 is 9.84 Å². The van der Waals surface area contributed by atoms with Gasteiger partial charge in [-0.1, -0.05) is 17.7 Å². The number of nitrogens with zero attached hydrogens (tertiary/aromatic N) is 2. The van der Waals surface area contributed by atoms with Gasteiger partial charge >= 0.3 is 5.97 Å². The minimum Gasteiger partial charge on any atom is -0.479 e. The van der Waals surface area contributed by atoms with E-state index in [4.69, 9.17) is 21.4 Å². The molecule has 23 heavy (non-hydrogen) atoms. The van der Waals surface area contributed by atoms with Crippen molar-refractivity contribution in [1.82, 2.24) is 15.1 Å². The number of nitrogens with one attached hydrogen (secondary N) is 1. The predicted molar refractivity (Wildman–Crippen MR) is 87.7 cm³/mol. The fourth-order valence-electron chi connectivity index (χ4n) is 2.18. The molecule has 6 nitrogen and oxygen atoms in total. The topological polar surface area (TPSA) is 78.4 Å². The Kier molecular flexibility index (Phi) is 5.63. The lowest BCUT2D eigenvalue weighted by molar-refractivity contribution is -0.144. The molecular weight excluding hydrogens is 318 g/mol. The molecule has 1 aromatic heterocycles. The lowest BCUT2D eigenvalue weighted by atomic mass is 10.2. The fourth-order valence-corrected chi connectivity index (χ4v) is 2.43. The molecule has 124 valence electrons. The van der Waals surface area contributed by atoms with E-state index >= 15 is 0 Å². The summed E-state index contributed by atoms with van der Waals surface area (Å²) in [6.45, 7) is 4.84. The van der Waals surface area contributed by atoms with Crippen molar-refractivity contribution in [1.29, 1.82) is 0 Å². The molecule has 0 amide bonds. The minimum atomic E-state index is -1.03. The van der Waals surface area contributed by atoms with Crippen LogP contribution in [0.2, 0.25) is 5.02 Å². The van der Waals surface area contributed by atoms with Crippen LogP contribution in [0.4, 0.5) is 0 Å². The summed E-state index contributed by atoms with van der Waals surface area (Å²) in [6.07, 6.45) is -0.941. The maximum absolute atomic E-state index is 10.8. The fraction of sp³-hybridized carbons (Fsp3) is 0.375. The third-order valence-electron chi connectivity index (χ3n) is 3.29. The largest absolute Gasteiger partial charge is 0.479 e. The number of hydrogen-bond donors (Lipinski definition) is 2. The van der Waals surface area contributed by atoms with Crippen molar-refractivity contribution < 1.29 is 14.6 Å². The Morgan fingerprint density at radius 2 is 2.17 bits per heavy atom. The van der Waals surface area contributed by atoms with Crippen molar-refractivity contribution in [3.63, 3.8) is 0 Å². The van der Waals surface area contributed by atoms with E-state index in [0.29, 0.717) is 17.3 Å². The molecule has 1 aromatic carbocycles. The maximum Gasteiger partial charge on any atom is 0.344 e. The van der Waals surface area contributed by atoms with Crippen molar-refractivity contribution >= 4 is 17.6 Å². The number of ether oxygens (including phenoxy) is 1. The zero-order chi connectivity index (χ0) is 17.0. The Balaban J connectivity index is 1.98. The summed E-state index contributed by atoms with van der Waals surface area (Å²) in [6, 6.07) is 7.37. The van der Waals surface area contributed by atoms with Crippen LogP contribution in [-0.2, 0) is 17.9 Å². The van der Waals surface area contributed by atoms with Gasteiger partial charge in [-0.15, -0.1) is 0 Å². The number of rotatable bonds is 7. The number of carbonyl (C=O) groups is 1. The van der Waals surface area contributed by atoms with Crippen molar-refractivity contribution in [2.24, 2.45) is 0 Å². The van der Waals surface area contributed by atoms with Gasteiger partial charge in [-0.3, -0.25) is 10.00 Å². The maximum atomic E-state index is 10.8. The van der Waals surface area contributed by atoms with Crippen LogP contribution in [0.3, 0.4) is 0 Å². The number of aryl methyl sites for hydroxylation is 1. The second-order valence-electron chi connectivity index (χ2n) is 5.58. The van der Waals surface area contributed by atoms with Crippen LogP contribution in [0.1, 0.15) is 23.9 Å². The zero-order valence-electron chi connectivity index (χ0n) is 13.3. The first-order valence-electron chi connectivity index (χ1n) is 7.22. The molecule has 1 atom stereocenters. The predicted octanol–water partition coefficient (Wildman–Crippen LogP) is 2.86. The van der Waals surface area contributed by atoms with Gasteiger partial charge in [-0.25, -0.2) is 4.79 Å². The monoisotopic (exact) mass is 337 g/mol. The van der Waals surface area contributed by atoms with E-state index in [9.17, 15) is 4.79 Å². The summed E-state index contributed by atoms with van der Waals surface area (Å²) in [4.78, 5) is 12.9. The molecule has 2 aromatic rings. The number of benzene rings is 1. The van der Waals surface area contributed by atoms with Crippen LogP contribution in [-0.4, -0.2) is 39.3 Å². The molecule has 7 heteroatoms. The second kappa shape index (κ2) is 7.48. The van der Waals surface area contributed by atoms with E-state index < -0.39 is 12.1 Å². The highest BCUT2D eigenvalue weighted by molar-refractivity contribution is 6.32. The molecule has 0 aliphatic carbocycles. The molecule has 0 saturated heterocycles. The van der Waals surface area contributed by atoms with E-state index in [1.54, 1.807) is 12.1 Å². The standard InChI is InChI=1S/C16H20ClN3O3/c1-10-6-13(19-18-10)9-20(3)8-12-4-5-15(14(17)7-12)23-11(2)16(21)22/h4-7,11H,8-9H2,1-3H3,(H,18,19)(H,21,22)/t11-/m1/s1. The third-order valence-corrected chi connectivity index (χ3v) is 3.59. The Labute approximate surface area is 140 Å². The number of carboxylic acid groups (broad SMARTS) is 1. The molecule has 0 aliphatic heterocycles.